The van der Waals surface area contributed by atoms with Gasteiger partial charge >= 0.3 is 0 Å². The summed E-state index contributed by atoms with van der Waals surface area (Å²) in [4.78, 5) is 24.2. The Morgan fingerprint density at radius 1 is 1.14 bits per heavy atom. The van der Waals surface area contributed by atoms with Crippen LogP contribution in [0.15, 0.2) is 64.2 Å². The van der Waals surface area contributed by atoms with Crippen LogP contribution in [0, 0.1) is 11.3 Å². The minimum Gasteiger partial charge on any atom is -0.493 e. The number of nitriles is 1. The Kier molecular flexibility index (Phi) is 9.70. The molecule has 8 nitrogen and oxygen atoms in total. The molecule has 2 amide bonds. The summed E-state index contributed by atoms with van der Waals surface area (Å²) in [5, 5.41) is 15.8. The Balaban J connectivity index is 1.57. The summed E-state index contributed by atoms with van der Waals surface area (Å²) in [6, 6.07) is 17.3. The van der Waals surface area contributed by atoms with Gasteiger partial charge in [-0.2, -0.15) is 10.4 Å². The minimum atomic E-state index is -0.615. The van der Waals surface area contributed by atoms with E-state index in [1.54, 1.807) is 42.5 Å². The van der Waals surface area contributed by atoms with Gasteiger partial charge in [0.15, 0.2) is 11.5 Å². The second-order valence-corrected chi connectivity index (χ2v) is 8.89. The number of carbonyl (C=O) groups is 2. The predicted molar refractivity (Wildman–Crippen MR) is 142 cm³/mol. The molecule has 0 atom stereocenters. The summed E-state index contributed by atoms with van der Waals surface area (Å²) >= 11 is 15.4. The Hall–Kier alpha value is -3.58. The molecule has 3 aromatic carbocycles. The molecule has 0 heterocycles. The molecule has 0 saturated heterocycles. The van der Waals surface area contributed by atoms with Crippen LogP contribution in [0.5, 0.6) is 11.5 Å². The van der Waals surface area contributed by atoms with E-state index >= 15 is 0 Å². The first-order chi connectivity index (χ1) is 17.3. The highest BCUT2D eigenvalue weighted by Crippen LogP contribution is 2.37. The summed E-state index contributed by atoms with van der Waals surface area (Å²) < 4.78 is 11.9. The first-order valence-corrected chi connectivity index (χ1v) is 11.9. The monoisotopic (exact) mass is 588 g/mol. The lowest BCUT2D eigenvalue weighted by Crippen LogP contribution is -2.24. The molecule has 0 bridgehead atoms. The predicted octanol–water partition coefficient (Wildman–Crippen LogP) is 5.69. The number of carbonyl (C=O) groups excluding carboxylic acids is 2. The van der Waals surface area contributed by atoms with Crippen molar-refractivity contribution < 1.29 is 19.1 Å². The Morgan fingerprint density at radius 2 is 1.89 bits per heavy atom. The normalized spacial score (nSPS) is 10.5. The van der Waals surface area contributed by atoms with Gasteiger partial charge in [-0.3, -0.25) is 9.59 Å². The molecule has 0 aliphatic rings. The quantitative estimate of drug-likeness (QED) is 0.189. The smallest absolute Gasteiger partial charge is 0.249 e. The highest BCUT2D eigenvalue weighted by molar-refractivity contribution is 9.10. The molecule has 11 heteroatoms. The van der Waals surface area contributed by atoms with E-state index in [1.165, 1.54) is 13.3 Å². The van der Waals surface area contributed by atoms with Crippen molar-refractivity contribution in [3.8, 4) is 17.6 Å². The summed E-state index contributed by atoms with van der Waals surface area (Å²) in [5.41, 5.74) is 4.68. The van der Waals surface area contributed by atoms with Crippen molar-refractivity contribution >= 4 is 62.8 Å². The highest BCUT2D eigenvalue weighted by Gasteiger charge is 2.13. The lowest BCUT2D eigenvalue weighted by Gasteiger charge is -2.13. The van der Waals surface area contributed by atoms with Crippen LogP contribution in [0.25, 0.3) is 0 Å². The fourth-order valence-corrected chi connectivity index (χ4v) is 3.87. The summed E-state index contributed by atoms with van der Waals surface area (Å²) in [6.07, 6.45) is 0.941. The van der Waals surface area contributed by atoms with Crippen molar-refractivity contribution in [2.24, 2.45) is 5.10 Å². The van der Waals surface area contributed by atoms with Crippen LogP contribution in [0.2, 0.25) is 10.0 Å². The molecule has 0 unspecified atom stereocenters. The lowest BCUT2D eigenvalue weighted by atomic mass is 10.1. The lowest BCUT2D eigenvalue weighted by molar-refractivity contribution is -0.126. The van der Waals surface area contributed by atoms with Crippen LogP contribution in [0.3, 0.4) is 0 Å². The molecule has 3 rings (SSSR count). The Morgan fingerprint density at radius 3 is 2.58 bits per heavy atom. The third kappa shape index (κ3) is 7.46. The maximum Gasteiger partial charge on any atom is 0.249 e. The first kappa shape index (κ1) is 27.0. The van der Waals surface area contributed by atoms with E-state index in [4.69, 9.17) is 37.9 Å². The van der Waals surface area contributed by atoms with E-state index in [-0.39, 0.29) is 16.7 Å². The van der Waals surface area contributed by atoms with Gasteiger partial charge in [0.25, 0.3) is 0 Å². The number of hydrogen-bond acceptors (Lipinski definition) is 6. The molecule has 0 radical (unpaired) electrons. The van der Waals surface area contributed by atoms with Gasteiger partial charge in [-0.15, -0.1) is 0 Å². The molecule has 0 aromatic heterocycles. The van der Waals surface area contributed by atoms with E-state index < -0.39 is 18.2 Å². The molecular weight excluding hydrogens is 571 g/mol. The molecule has 0 saturated carbocycles. The fourth-order valence-electron chi connectivity index (χ4n) is 2.94. The van der Waals surface area contributed by atoms with Crippen LogP contribution < -0.4 is 20.2 Å². The zero-order chi connectivity index (χ0) is 26.1. The SMILES string of the molecule is COc1cc(C=NNC(=O)CC(=O)Nc2cccc(Cl)c2Cl)cc(Br)c1OCc1ccc(C#N)cc1. The van der Waals surface area contributed by atoms with Crippen LogP contribution in [-0.4, -0.2) is 25.1 Å². The number of ether oxygens (including phenoxy) is 2. The topological polar surface area (TPSA) is 113 Å². The molecule has 0 aliphatic carbocycles. The number of amides is 2. The number of anilines is 1. The molecular formula is C25H19BrCl2N4O4. The average molecular weight is 590 g/mol. The van der Waals surface area contributed by atoms with Crippen molar-refractivity contribution in [2.75, 3.05) is 12.4 Å². The van der Waals surface area contributed by atoms with E-state index in [0.717, 1.165) is 5.56 Å². The largest absolute Gasteiger partial charge is 0.493 e. The van der Waals surface area contributed by atoms with Crippen molar-refractivity contribution in [3.05, 3.63) is 85.8 Å². The van der Waals surface area contributed by atoms with E-state index in [9.17, 15) is 9.59 Å². The van der Waals surface area contributed by atoms with Crippen LogP contribution in [0.1, 0.15) is 23.1 Å². The van der Waals surface area contributed by atoms with Gasteiger partial charge < -0.3 is 14.8 Å². The number of nitrogens with one attached hydrogen (secondary N) is 2. The van der Waals surface area contributed by atoms with Gasteiger partial charge in [0.1, 0.15) is 13.0 Å². The third-order valence-corrected chi connectivity index (χ3v) is 6.08. The zero-order valence-electron chi connectivity index (χ0n) is 18.8. The van der Waals surface area contributed by atoms with E-state index in [0.29, 0.717) is 32.8 Å². The Bertz CT molecular complexity index is 1340. The summed E-state index contributed by atoms with van der Waals surface area (Å²) in [7, 11) is 1.50. The standard InChI is InChI=1S/C25H19BrCl2N4O4/c1-35-21-10-17(9-18(26)25(21)36-14-16-7-5-15(12-29)6-8-16)13-30-32-23(34)11-22(33)31-20-4-2-3-19(27)24(20)28/h2-10,13H,11,14H2,1H3,(H,31,33)(H,32,34). The molecule has 184 valence electrons. The molecule has 36 heavy (non-hydrogen) atoms. The second-order valence-electron chi connectivity index (χ2n) is 7.25. The number of hydrazone groups is 1. The van der Waals surface area contributed by atoms with E-state index in [1.807, 2.05) is 12.1 Å². The van der Waals surface area contributed by atoms with Gasteiger partial charge in [-0.05, 0) is 63.5 Å². The van der Waals surface area contributed by atoms with Crippen LogP contribution >= 0.6 is 39.1 Å². The maximum absolute atomic E-state index is 12.1. The van der Waals surface area contributed by atoms with Gasteiger partial charge in [-0.1, -0.05) is 41.4 Å². The molecule has 3 aromatic rings. The van der Waals surface area contributed by atoms with Gasteiger partial charge in [0.05, 0.1) is 45.2 Å². The minimum absolute atomic E-state index is 0.190. The third-order valence-electron chi connectivity index (χ3n) is 4.67. The summed E-state index contributed by atoms with van der Waals surface area (Å²) in [6.45, 7) is 0.270. The zero-order valence-corrected chi connectivity index (χ0v) is 21.9. The molecule has 0 aliphatic heterocycles. The van der Waals surface area contributed by atoms with Crippen molar-refractivity contribution in [1.82, 2.24) is 5.43 Å². The van der Waals surface area contributed by atoms with Crippen molar-refractivity contribution in [1.29, 1.82) is 5.26 Å². The molecule has 0 spiro atoms. The van der Waals surface area contributed by atoms with Crippen molar-refractivity contribution in [2.45, 2.75) is 13.0 Å². The molecule has 0 fully saturated rings. The second kappa shape index (κ2) is 12.9. The number of methoxy groups -OCH3 is 1. The number of halogens is 3. The number of hydrogen-bond donors (Lipinski definition) is 2. The van der Waals surface area contributed by atoms with Crippen molar-refractivity contribution in [3.63, 3.8) is 0 Å². The number of benzene rings is 3. The van der Waals surface area contributed by atoms with Crippen LogP contribution in [0.4, 0.5) is 5.69 Å². The van der Waals surface area contributed by atoms with E-state index in [2.05, 4.69) is 37.8 Å². The average Bonchev–Trinajstić information content (AvgIpc) is 2.86. The first-order valence-electron chi connectivity index (χ1n) is 10.4. The summed E-state index contributed by atoms with van der Waals surface area (Å²) in [5.74, 6) is -0.252. The van der Waals surface area contributed by atoms with Gasteiger partial charge in [0.2, 0.25) is 11.8 Å². The maximum atomic E-state index is 12.1. The molecule has 2 N–H and O–H groups in total. The van der Waals surface area contributed by atoms with Gasteiger partial charge in [0, 0.05) is 0 Å². The van der Waals surface area contributed by atoms with Gasteiger partial charge in [-0.25, -0.2) is 5.43 Å². The highest BCUT2D eigenvalue weighted by atomic mass is 79.9. The van der Waals surface area contributed by atoms with Crippen LogP contribution in [-0.2, 0) is 16.2 Å². The fraction of sp³-hybridized carbons (Fsp3) is 0.120. The number of nitrogens with zero attached hydrogens (tertiary/aromatic N) is 2. The number of rotatable bonds is 9. The Labute approximate surface area is 225 Å².